The van der Waals surface area contributed by atoms with E-state index in [4.69, 9.17) is 0 Å². The van der Waals surface area contributed by atoms with E-state index >= 15 is 0 Å². The number of unbranched alkanes of at least 4 members (excludes halogenated alkanes) is 1. The van der Waals surface area contributed by atoms with Gasteiger partial charge in [0, 0.05) is 0 Å². The molecule has 2 heteroatoms. The zero-order chi connectivity index (χ0) is 8.53. The summed E-state index contributed by atoms with van der Waals surface area (Å²) in [6.07, 6.45) is 3.86. The third kappa shape index (κ3) is 6.70. The number of hydrogen-bond acceptors (Lipinski definition) is 2. The van der Waals surface area contributed by atoms with Crippen molar-refractivity contribution in [2.45, 2.75) is 33.1 Å². The van der Waals surface area contributed by atoms with Gasteiger partial charge in [0.25, 0.3) is 0 Å². The van der Waals surface area contributed by atoms with Crippen LogP contribution in [-0.4, -0.2) is 30.3 Å². The zero-order valence-electron chi connectivity index (χ0n) is 7.84. The lowest BCUT2D eigenvalue weighted by Crippen LogP contribution is -2.25. The Kier molecular flexibility index (Phi) is 8.64. The van der Waals surface area contributed by atoms with Gasteiger partial charge in [0.1, 0.15) is 0 Å². The Morgan fingerprint density at radius 3 is 2.18 bits per heavy atom. The molecule has 0 N–H and O–H groups in total. The molecule has 0 saturated heterocycles. The van der Waals surface area contributed by atoms with Gasteiger partial charge in [0.05, 0.1) is 0 Å². The number of thiol groups is 1. The first kappa shape index (κ1) is 11.3. The summed E-state index contributed by atoms with van der Waals surface area (Å²) in [7, 11) is 0. The van der Waals surface area contributed by atoms with Gasteiger partial charge in [-0.3, -0.25) is 0 Å². The van der Waals surface area contributed by atoms with Crippen LogP contribution in [0.15, 0.2) is 0 Å². The van der Waals surface area contributed by atoms with E-state index in [-0.39, 0.29) is 0 Å². The van der Waals surface area contributed by atoms with Crippen molar-refractivity contribution in [3.63, 3.8) is 0 Å². The molecule has 0 aliphatic rings. The molecular formula is C9H21NS. The van der Waals surface area contributed by atoms with Gasteiger partial charge in [-0.1, -0.05) is 20.3 Å². The lowest BCUT2D eigenvalue weighted by Gasteiger charge is -2.19. The predicted molar refractivity (Wildman–Crippen MR) is 55.5 cm³/mol. The topological polar surface area (TPSA) is 3.24 Å². The highest BCUT2D eigenvalue weighted by Gasteiger charge is 1.98. The Morgan fingerprint density at radius 2 is 1.73 bits per heavy atom. The van der Waals surface area contributed by atoms with Crippen LogP contribution in [0, 0.1) is 0 Å². The second-order valence-electron chi connectivity index (χ2n) is 2.86. The molecule has 68 valence electrons. The molecule has 0 amide bonds. The van der Waals surface area contributed by atoms with Gasteiger partial charge < -0.3 is 4.90 Å². The van der Waals surface area contributed by atoms with Crippen molar-refractivity contribution in [2.75, 3.05) is 25.4 Å². The summed E-state index contributed by atoms with van der Waals surface area (Å²) in [5.41, 5.74) is 0. The SMILES string of the molecule is CCCCN(CC)CCCS. The molecule has 0 bridgehead atoms. The fraction of sp³-hybridized carbons (Fsp3) is 1.00. The van der Waals surface area contributed by atoms with Gasteiger partial charge in [-0.2, -0.15) is 12.6 Å². The first-order chi connectivity index (χ1) is 5.35. The summed E-state index contributed by atoms with van der Waals surface area (Å²) in [6.45, 7) is 8.15. The minimum Gasteiger partial charge on any atom is -0.304 e. The Labute approximate surface area is 76.6 Å². The molecule has 0 spiro atoms. The van der Waals surface area contributed by atoms with E-state index in [2.05, 4.69) is 31.4 Å². The molecule has 0 aromatic heterocycles. The zero-order valence-corrected chi connectivity index (χ0v) is 8.74. The predicted octanol–water partition coefficient (Wildman–Crippen LogP) is 2.43. The van der Waals surface area contributed by atoms with Crippen molar-refractivity contribution in [1.29, 1.82) is 0 Å². The Morgan fingerprint density at radius 1 is 1.09 bits per heavy atom. The lowest BCUT2D eigenvalue weighted by atomic mass is 10.3. The fourth-order valence-corrected chi connectivity index (χ4v) is 1.25. The van der Waals surface area contributed by atoms with Gasteiger partial charge in [-0.25, -0.2) is 0 Å². The highest BCUT2D eigenvalue weighted by molar-refractivity contribution is 7.80. The van der Waals surface area contributed by atoms with E-state index in [1.807, 2.05) is 0 Å². The molecule has 1 nitrogen and oxygen atoms in total. The van der Waals surface area contributed by atoms with Gasteiger partial charge in [-0.15, -0.1) is 0 Å². The smallest absolute Gasteiger partial charge is 0.00111 e. The molecular weight excluding hydrogens is 154 g/mol. The van der Waals surface area contributed by atoms with Crippen LogP contribution in [0.3, 0.4) is 0 Å². The van der Waals surface area contributed by atoms with Crippen LogP contribution in [0.4, 0.5) is 0 Å². The van der Waals surface area contributed by atoms with Gasteiger partial charge >= 0.3 is 0 Å². The molecule has 0 aromatic carbocycles. The molecule has 0 aliphatic carbocycles. The fourth-order valence-electron chi connectivity index (χ4n) is 1.10. The minimum absolute atomic E-state index is 1.02. The maximum atomic E-state index is 4.20. The summed E-state index contributed by atoms with van der Waals surface area (Å²) in [5, 5.41) is 0. The third-order valence-corrected chi connectivity index (χ3v) is 2.22. The molecule has 11 heavy (non-hydrogen) atoms. The molecule has 0 radical (unpaired) electrons. The molecule has 0 heterocycles. The Balaban J connectivity index is 3.25. The van der Waals surface area contributed by atoms with Gasteiger partial charge in [0.15, 0.2) is 0 Å². The lowest BCUT2D eigenvalue weighted by molar-refractivity contribution is 0.285. The number of hydrogen-bond donors (Lipinski definition) is 1. The second-order valence-corrected chi connectivity index (χ2v) is 3.31. The Hall–Kier alpha value is 0.310. The van der Waals surface area contributed by atoms with E-state index < -0.39 is 0 Å². The van der Waals surface area contributed by atoms with Crippen molar-refractivity contribution in [1.82, 2.24) is 4.90 Å². The molecule has 0 atom stereocenters. The van der Waals surface area contributed by atoms with Crippen LogP contribution in [0.5, 0.6) is 0 Å². The molecule has 0 aliphatic heterocycles. The first-order valence-corrected chi connectivity index (χ1v) is 5.31. The van der Waals surface area contributed by atoms with Crippen LogP contribution in [0.2, 0.25) is 0 Å². The van der Waals surface area contributed by atoms with E-state index in [0.29, 0.717) is 0 Å². The molecule has 0 fully saturated rings. The van der Waals surface area contributed by atoms with Gasteiger partial charge in [0.2, 0.25) is 0 Å². The molecule has 0 unspecified atom stereocenters. The van der Waals surface area contributed by atoms with Crippen LogP contribution in [0.25, 0.3) is 0 Å². The number of rotatable bonds is 7. The average Bonchev–Trinajstić information content (AvgIpc) is 2.05. The number of nitrogens with zero attached hydrogens (tertiary/aromatic N) is 1. The summed E-state index contributed by atoms with van der Waals surface area (Å²) in [6, 6.07) is 0. The third-order valence-electron chi connectivity index (χ3n) is 1.91. The summed E-state index contributed by atoms with van der Waals surface area (Å²) in [5.74, 6) is 1.02. The largest absolute Gasteiger partial charge is 0.304 e. The second kappa shape index (κ2) is 8.41. The van der Waals surface area contributed by atoms with Crippen molar-refractivity contribution in [2.24, 2.45) is 0 Å². The van der Waals surface area contributed by atoms with E-state index in [0.717, 1.165) is 5.75 Å². The van der Waals surface area contributed by atoms with Gasteiger partial charge in [-0.05, 0) is 38.2 Å². The van der Waals surface area contributed by atoms with E-state index in [9.17, 15) is 0 Å². The Bertz CT molecular complexity index is 68.0. The summed E-state index contributed by atoms with van der Waals surface area (Å²) >= 11 is 4.20. The molecule has 0 saturated carbocycles. The van der Waals surface area contributed by atoms with E-state index in [1.54, 1.807) is 0 Å². The van der Waals surface area contributed by atoms with Crippen molar-refractivity contribution < 1.29 is 0 Å². The van der Waals surface area contributed by atoms with Crippen LogP contribution >= 0.6 is 12.6 Å². The quantitative estimate of drug-likeness (QED) is 0.582. The average molecular weight is 175 g/mol. The molecule has 0 rings (SSSR count). The minimum atomic E-state index is 1.02. The van der Waals surface area contributed by atoms with Crippen molar-refractivity contribution >= 4 is 12.6 Å². The van der Waals surface area contributed by atoms with Crippen LogP contribution in [-0.2, 0) is 0 Å². The van der Waals surface area contributed by atoms with Crippen molar-refractivity contribution in [3.05, 3.63) is 0 Å². The van der Waals surface area contributed by atoms with E-state index in [1.165, 1.54) is 38.9 Å². The summed E-state index contributed by atoms with van der Waals surface area (Å²) in [4.78, 5) is 2.50. The maximum absolute atomic E-state index is 4.20. The maximum Gasteiger partial charge on any atom is -0.00111 e. The summed E-state index contributed by atoms with van der Waals surface area (Å²) < 4.78 is 0. The highest BCUT2D eigenvalue weighted by atomic mass is 32.1. The highest BCUT2D eigenvalue weighted by Crippen LogP contribution is 1.96. The van der Waals surface area contributed by atoms with Crippen LogP contribution < -0.4 is 0 Å². The van der Waals surface area contributed by atoms with Crippen LogP contribution in [0.1, 0.15) is 33.1 Å². The monoisotopic (exact) mass is 175 g/mol. The standard InChI is InChI=1S/C9H21NS/c1-3-5-7-10(4-2)8-6-9-11/h11H,3-9H2,1-2H3. The first-order valence-electron chi connectivity index (χ1n) is 4.68. The normalized spacial score (nSPS) is 10.9. The van der Waals surface area contributed by atoms with Crippen molar-refractivity contribution in [3.8, 4) is 0 Å². The molecule has 0 aromatic rings.